The van der Waals surface area contributed by atoms with Crippen LogP contribution in [-0.4, -0.2) is 97.7 Å². The van der Waals surface area contributed by atoms with Crippen molar-refractivity contribution in [2.24, 2.45) is 0 Å². The van der Waals surface area contributed by atoms with E-state index in [0.29, 0.717) is 25.9 Å². The molecule has 4 heterocycles. The lowest BCUT2D eigenvalue weighted by Crippen LogP contribution is -2.57. The van der Waals surface area contributed by atoms with Gasteiger partial charge < -0.3 is 33.3 Å². The van der Waals surface area contributed by atoms with Gasteiger partial charge in [0.1, 0.15) is 35.0 Å². The second-order valence-corrected chi connectivity index (χ2v) is 12.7. The number of carbonyl (C=O) groups excluding carboxylic acids is 1. The lowest BCUT2D eigenvalue weighted by molar-refractivity contribution is -0.137. The summed E-state index contributed by atoms with van der Waals surface area (Å²) in [7, 11) is 4.13. The Morgan fingerprint density at radius 1 is 1.04 bits per heavy atom. The Bertz CT molecular complexity index is 1640. The molecule has 0 saturated carbocycles. The van der Waals surface area contributed by atoms with E-state index in [0.717, 1.165) is 12.1 Å². The molecule has 2 bridgehead atoms. The second kappa shape index (κ2) is 14.0. The summed E-state index contributed by atoms with van der Waals surface area (Å²) in [6.45, 7) is 5.53. The number of pyridine rings is 1. The summed E-state index contributed by atoms with van der Waals surface area (Å²) in [6, 6.07) is 1.21. The number of fused-ring (bicyclic) bond motifs is 3. The van der Waals surface area contributed by atoms with Gasteiger partial charge in [0.25, 0.3) is 0 Å². The van der Waals surface area contributed by atoms with Gasteiger partial charge in [-0.15, -0.1) is 0 Å². The van der Waals surface area contributed by atoms with E-state index in [4.69, 9.17) is 40.0 Å². The Balaban J connectivity index is 1.62. The number of anilines is 1. The van der Waals surface area contributed by atoms with Crippen LogP contribution in [0.25, 0.3) is 22.2 Å². The molecule has 3 aromatic rings. The molecule has 2 atom stereocenters. The average Bonchev–Trinajstić information content (AvgIpc) is 3.28. The van der Waals surface area contributed by atoms with E-state index in [9.17, 15) is 18.0 Å². The zero-order chi connectivity index (χ0) is 35.0. The summed E-state index contributed by atoms with van der Waals surface area (Å²) in [6.07, 6.45) is -3.60. The minimum Gasteiger partial charge on any atom is -0.467 e. The van der Waals surface area contributed by atoms with Gasteiger partial charge in [0.05, 0.1) is 28.1 Å². The third kappa shape index (κ3) is 7.46. The zero-order valence-corrected chi connectivity index (χ0v) is 27.9. The predicted octanol–water partition coefficient (Wildman–Crippen LogP) is 6.07. The molecule has 2 saturated heterocycles. The number of carbonyl (C=O) groups is 1. The van der Waals surface area contributed by atoms with Crippen LogP contribution in [0.2, 0.25) is 5.02 Å². The summed E-state index contributed by atoms with van der Waals surface area (Å²) >= 11 is 6.07. The number of methoxy groups -OCH3 is 3. The lowest BCUT2D eigenvalue weighted by Gasteiger charge is -2.42. The number of hydrogen-bond acceptors (Lipinski definition) is 11. The van der Waals surface area contributed by atoms with E-state index >= 15 is 4.39 Å². The maximum atomic E-state index is 16.6. The highest BCUT2D eigenvalue weighted by molar-refractivity contribution is 6.32. The van der Waals surface area contributed by atoms with Crippen molar-refractivity contribution in [3.63, 3.8) is 0 Å². The number of rotatable bonds is 10. The zero-order valence-electron chi connectivity index (χ0n) is 27.2. The maximum Gasteiger partial charge on any atom is 0.418 e. The first-order chi connectivity index (χ1) is 22.6. The molecule has 0 spiro atoms. The molecular weight excluding hydrogens is 666 g/mol. The molecule has 2 aromatic heterocycles. The van der Waals surface area contributed by atoms with Crippen molar-refractivity contribution in [1.29, 1.82) is 0 Å². The van der Waals surface area contributed by atoms with E-state index < -0.39 is 51.8 Å². The van der Waals surface area contributed by atoms with E-state index in [1.54, 1.807) is 25.7 Å². The molecule has 48 heavy (non-hydrogen) atoms. The Morgan fingerprint density at radius 2 is 1.71 bits per heavy atom. The van der Waals surface area contributed by atoms with Gasteiger partial charge in [-0.05, 0) is 45.7 Å². The largest absolute Gasteiger partial charge is 0.467 e. The third-order valence-corrected chi connectivity index (χ3v) is 8.15. The van der Waals surface area contributed by atoms with Gasteiger partial charge in [0, 0.05) is 46.2 Å². The molecule has 262 valence electrons. The first-order valence-corrected chi connectivity index (χ1v) is 15.4. The van der Waals surface area contributed by atoms with Gasteiger partial charge in [-0.2, -0.15) is 23.1 Å². The number of nitrogens with zero attached hydrogens (tertiary/aromatic N) is 5. The number of halogens is 5. The SMILES string of the molecule is COCOc1cc(Cl)c(C(F)(F)F)c(-c2ncc3c(N4CC5CCC(C4)N5C(=O)OC(C)(C)C)nc(OCC(OC)OC)nc3c2F)c1. The fourth-order valence-corrected chi connectivity index (χ4v) is 6.16. The van der Waals surface area contributed by atoms with Crippen LogP contribution in [0.15, 0.2) is 18.3 Å². The van der Waals surface area contributed by atoms with E-state index in [2.05, 4.69) is 15.0 Å². The number of benzene rings is 1. The highest BCUT2D eigenvalue weighted by Crippen LogP contribution is 2.45. The minimum atomic E-state index is -4.97. The van der Waals surface area contributed by atoms with Crippen LogP contribution in [0, 0.1) is 5.82 Å². The van der Waals surface area contributed by atoms with Crippen molar-refractivity contribution in [2.45, 2.75) is 63.8 Å². The first-order valence-electron chi connectivity index (χ1n) is 15.0. The molecule has 0 radical (unpaired) electrons. The summed E-state index contributed by atoms with van der Waals surface area (Å²) in [4.78, 5) is 29.6. The molecule has 5 rings (SSSR count). The topological polar surface area (TPSA) is 118 Å². The summed E-state index contributed by atoms with van der Waals surface area (Å²) in [5, 5.41) is -0.599. The number of piperazine rings is 1. The summed E-state index contributed by atoms with van der Waals surface area (Å²) in [5.74, 6) is -1.04. The Hall–Kier alpha value is -3.73. The number of hydrogen-bond donors (Lipinski definition) is 0. The maximum absolute atomic E-state index is 16.6. The average molecular weight is 702 g/mol. The molecule has 2 unspecified atom stereocenters. The van der Waals surface area contributed by atoms with Crippen molar-refractivity contribution in [3.8, 4) is 23.0 Å². The monoisotopic (exact) mass is 701 g/mol. The Kier molecular flexibility index (Phi) is 10.4. The lowest BCUT2D eigenvalue weighted by atomic mass is 10.0. The third-order valence-electron chi connectivity index (χ3n) is 7.85. The van der Waals surface area contributed by atoms with Gasteiger partial charge in [0.2, 0.25) is 0 Å². The van der Waals surface area contributed by atoms with Crippen LogP contribution < -0.4 is 14.4 Å². The Morgan fingerprint density at radius 3 is 2.29 bits per heavy atom. The second-order valence-electron chi connectivity index (χ2n) is 12.3. The molecule has 0 N–H and O–H groups in total. The summed E-state index contributed by atoms with van der Waals surface area (Å²) in [5.41, 5.74) is -3.66. The van der Waals surface area contributed by atoms with Crippen molar-refractivity contribution < 1.29 is 50.8 Å². The quantitative estimate of drug-likeness (QED) is 0.181. The standard InChI is InChI=1S/C31H36ClF4N5O7/c1-30(2,3)48-29(42)41-16-7-8-17(41)13-40(12-16)27-20-11-37-25(24(33)26(20)38-28(39-27)46-14-22(44-5)45-6)19-9-18(47-15-43-4)10-21(32)23(19)31(34,35)36/h9-11,16-17,22H,7-8,12-15H2,1-6H3. The van der Waals surface area contributed by atoms with Crippen LogP contribution in [0.5, 0.6) is 11.8 Å². The number of amides is 1. The molecule has 2 aliphatic heterocycles. The number of aromatic nitrogens is 3. The first kappa shape index (κ1) is 35.6. The van der Waals surface area contributed by atoms with Crippen molar-refractivity contribution in [1.82, 2.24) is 19.9 Å². The molecule has 0 aliphatic carbocycles. The molecule has 17 heteroatoms. The van der Waals surface area contributed by atoms with Crippen LogP contribution in [-0.2, 0) is 25.1 Å². The van der Waals surface area contributed by atoms with Gasteiger partial charge >= 0.3 is 18.3 Å². The highest BCUT2D eigenvalue weighted by atomic mass is 35.5. The van der Waals surface area contributed by atoms with Crippen LogP contribution in [0.4, 0.5) is 28.2 Å². The van der Waals surface area contributed by atoms with Crippen LogP contribution in [0.1, 0.15) is 39.2 Å². The predicted molar refractivity (Wildman–Crippen MR) is 166 cm³/mol. The fourth-order valence-electron chi connectivity index (χ4n) is 5.85. The number of alkyl halides is 3. The summed E-state index contributed by atoms with van der Waals surface area (Å²) < 4.78 is 91.3. The normalized spacial score (nSPS) is 18.2. The van der Waals surface area contributed by atoms with E-state index in [1.807, 2.05) is 4.90 Å². The molecular formula is C31H36ClF4N5O7. The molecule has 12 nitrogen and oxygen atoms in total. The molecule has 1 amide bonds. The van der Waals surface area contributed by atoms with Crippen LogP contribution in [0.3, 0.4) is 0 Å². The van der Waals surface area contributed by atoms with E-state index in [1.165, 1.54) is 27.5 Å². The molecule has 1 aromatic carbocycles. The smallest absolute Gasteiger partial charge is 0.418 e. The van der Waals surface area contributed by atoms with E-state index in [-0.39, 0.29) is 54.0 Å². The van der Waals surface area contributed by atoms with Gasteiger partial charge in [0.15, 0.2) is 18.9 Å². The van der Waals surface area contributed by atoms with Crippen molar-refractivity contribution in [3.05, 3.63) is 34.7 Å². The van der Waals surface area contributed by atoms with Crippen LogP contribution >= 0.6 is 11.6 Å². The molecule has 2 aliphatic rings. The van der Waals surface area contributed by atoms with Crippen molar-refractivity contribution >= 4 is 34.4 Å². The van der Waals surface area contributed by atoms with Gasteiger partial charge in [-0.3, -0.25) is 9.88 Å². The number of ether oxygens (including phenoxy) is 6. The fraction of sp³-hybridized carbons (Fsp3) is 0.548. The Labute approximate surface area is 279 Å². The molecule has 2 fully saturated rings. The minimum absolute atomic E-state index is 0.0953. The van der Waals surface area contributed by atoms with Crippen molar-refractivity contribution in [2.75, 3.05) is 52.7 Å². The highest BCUT2D eigenvalue weighted by Gasteiger charge is 2.45. The van der Waals surface area contributed by atoms with Gasteiger partial charge in [-0.25, -0.2) is 9.18 Å². The van der Waals surface area contributed by atoms with Gasteiger partial charge in [-0.1, -0.05) is 11.6 Å².